The summed E-state index contributed by atoms with van der Waals surface area (Å²) in [7, 11) is 1.57. The summed E-state index contributed by atoms with van der Waals surface area (Å²) < 4.78 is 15.2. The number of methoxy groups -OCH3 is 1. The largest absolute Gasteiger partial charge is 0.491 e. The van der Waals surface area contributed by atoms with Crippen LogP contribution in [0.3, 0.4) is 0 Å². The molecule has 0 atom stereocenters. The van der Waals surface area contributed by atoms with Crippen molar-refractivity contribution < 1.29 is 18.7 Å². The van der Waals surface area contributed by atoms with Crippen LogP contribution in [-0.2, 0) is 4.74 Å². The summed E-state index contributed by atoms with van der Waals surface area (Å²) in [4.78, 5) is 22.4. The highest BCUT2D eigenvalue weighted by Gasteiger charge is 2.11. The van der Waals surface area contributed by atoms with Crippen molar-refractivity contribution in [1.82, 2.24) is 5.73 Å². The number of fused-ring (bicyclic) bond motifs is 1. The lowest BCUT2D eigenvalue weighted by molar-refractivity contribution is 0.0988. The van der Waals surface area contributed by atoms with Crippen LogP contribution in [0.4, 0.5) is 0 Å². The van der Waals surface area contributed by atoms with Crippen LogP contribution < -0.4 is 16.1 Å². The van der Waals surface area contributed by atoms with Crippen LogP contribution in [-0.4, -0.2) is 26.2 Å². The monoisotopic (exact) mass is 262 g/mol. The molecule has 6 nitrogen and oxygen atoms in total. The van der Waals surface area contributed by atoms with E-state index in [1.54, 1.807) is 25.3 Å². The normalized spacial score (nSPS) is 10.6. The predicted octanol–water partition coefficient (Wildman–Crippen LogP) is 1.24. The Balaban J connectivity index is 2.36. The molecule has 1 aromatic carbocycles. The first kappa shape index (κ1) is 13.1. The molecule has 1 heterocycles. The minimum absolute atomic E-state index is 0.277. The molecule has 0 bridgehead atoms. The van der Waals surface area contributed by atoms with E-state index >= 15 is 0 Å². The Morgan fingerprint density at radius 3 is 2.79 bits per heavy atom. The van der Waals surface area contributed by atoms with Gasteiger partial charge in [-0.3, -0.25) is 10.5 Å². The van der Waals surface area contributed by atoms with Gasteiger partial charge in [0.25, 0.3) is 5.91 Å². The van der Waals surface area contributed by atoms with Gasteiger partial charge < -0.3 is 13.9 Å². The number of nitrogens with one attached hydrogen (secondary N) is 1. The number of hydrogen-bond acceptors (Lipinski definition) is 5. The third-order valence-corrected chi connectivity index (χ3v) is 2.51. The van der Waals surface area contributed by atoms with Gasteiger partial charge in [-0.15, -0.1) is 0 Å². The average Bonchev–Trinajstić information content (AvgIpc) is 2.37. The molecule has 99 valence electrons. The molecule has 0 aliphatic carbocycles. The Hall–Kier alpha value is -2.34. The highest BCUT2D eigenvalue weighted by molar-refractivity contribution is 5.95. The van der Waals surface area contributed by atoms with Crippen molar-refractivity contribution in [2.45, 2.75) is 0 Å². The van der Waals surface area contributed by atoms with E-state index in [0.717, 1.165) is 0 Å². The first-order valence-corrected chi connectivity index (χ1v) is 5.57. The Morgan fingerprint density at radius 1 is 1.32 bits per heavy atom. The standard InChI is InChI=1S/C13H12NO5/c1-17-4-5-18-9-3-2-8-6-10(12(14)15)13(16)19-11(8)7-9/h2-3,6-7,14H,4-5H2,1H3. The van der Waals surface area contributed by atoms with Crippen LogP contribution in [0.15, 0.2) is 33.5 Å². The van der Waals surface area contributed by atoms with Crippen molar-refractivity contribution >= 4 is 16.9 Å². The van der Waals surface area contributed by atoms with E-state index in [2.05, 4.69) is 0 Å². The van der Waals surface area contributed by atoms with Crippen LogP contribution >= 0.6 is 0 Å². The molecule has 0 aliphatic heterocycles. The van der Waals surface area contributed by atoms with Crippen LogP contribution in [0.25, 0.3) is 11.0 Å². The smallest absolute Gasteiger partial charge is 0.349 e. The quantitative estimate of drug-likeness (QED) is 0.597. The van der Waals surface area contributed by atoms with Crippen molar-refractivity contribution in [3.05, 3.63) is 40.2 Å². The van der Waals surface area contributed by atoms with Gasteiger partial charge in [-0.1, -0.05) is 0 Å². The molecule has 6 heteroatoms. The number of ether oxygens (including phenoxy) is 2. The highest BCUT2D eigenvalue weighted by atomic mass is 16.5. The van der Waals surface area contributed by atoms with E-state index in [1.165, 1.54) is 6.07 Å². The second-order valence-electron chi connectivity index (χ2n) is 3.82. The molecular weight excluding hydrogens is 250 g/mol. The van der Waals surface area contributed by atoms with Crippen LogP contribution in [0.2, 0.25) is 0 Å². The zero-order valence-electron chi connectivity index (χ0n) is 10.3. The van der Waals surface area contributed by atoms with Crippen molar-refractivity contribution in [3.8, 4) is 5.75 Å². The number of rotatable bonds is 5. The first-order chi connectivity index (χ1) is 9.11. The molecule has 1 amide bonds. The number of carbonyl (C=O) groups excluding carboxylic acids is 1. The lowest BCUT2D eigenvalue weighted by Gasteiger charge is -2.06. The Kier molecular flexibility index (Phi) is 3.82. The van der Waals surface area contributed by atoms with Crippen molar-refractivity contribution in [3.63, 3.8) is 0 Å². The second-order valence-corrected chi connectivity index (χ2v) is 3.82. The maximum absolute atomic E-state index is 11.5. The zero-order chi connectivity index (χ0) is 13.8. The Labute approximate surface area is 108 Å². The van der Waals surface area contributed by atoms with Gasteiger partial charge in [0.1, 0.15) is 23.5 Å². The second kappa shape index (κ2) is 5.53. The minimum atomic E-state index is -1.06. The molecule has 0 aliphatic rings. The van der Waals surface area contributed by atoms with E-state index in [4.69, 9.17) is 19.6 Å². The van der Waals surface area contributed by atoms with Crippen molar-refractivity contribution in [2.24, 2.45) is 0 Å². The van der Waals surface area contributed by atoms with E-state index < -0.39 is 11.5 Å². The van der Waals surface area contributed by atoms with Gasteiger partial charge in [-0.05, 0) is 18.2 Å². The number of amides is 1. The molecule has 2 aromatic rings. The molecule has 19 heavy (non-hydrogen) atoms. The number of hydrogen-bond donors (Lipinski definition) is 0. The van der Waals surface area contributed by atoms with Gasteiger partial charge in [-0.25, -0.2) is 4.79 Å². The van der Waals surface area contributed by atoms with Crippen LogP contribution in [0.1, 0.15) is 10.4 Å². The fourth-order valence-corrected chi connectivity index (χ4v) is 1.58. The van der Waals surface area contributed by atoms with E-state index in [9.17, 15) is 9.59 Å². The van der Waals surface area contributed by atoms with Gasteiger partial charge in [0.05, 0.1) is 6.61 Å². The van der Waals surface area contributed by atoms with Crippen molar-refractivity contribution in [1.29, 1.82) is 0 Å². The Bertz CT molecular complexity index is 662. The Morgan fingerprint density at radius 2 is 2.11 bits per heavy atom. The SMILES string of the molecule is COCCOc1ccc2cc(C([NH])=O)c(=O)oc2c1. The van der Waals surface area contributed by atoms with Crippen LogP contribution in [0.5, 0.6) is 5.75 Å². The molecule has 0 saturated carbocycles. The topological polar surface area (TPSA) is 89.5 Å². The predicted molar refractivity (Wildman–Crippen MR) is 67.3 cm³/mol. The maximum atomic E-state index is 11.5. The summed E-state index contributed by atoms with van der Waals surface area (Å²) in [6.45, 7) is 0.837. The summed E-state index contributed by atoms with van der Waals surface area (Å²) in [5.74, 6) is -0.520. The van der Waals surface area contributed by atoms with Crippen molar-refractivity contribution in [2.75, 3.05) is 20.3 Å². The average molecular weight is 262 g/mol. The number of benzene rings is 1. The summed E-state index contributed by atoms with van der Waals surface area (Å²) in [6, 6.07) is 6.25. The molecule has 1 aromatic heterocycles. The fraction of sp³-hybridized carbons (Fsp3) is 0.231. The number of carbonyl (C=O) groups is 1. The zero-order valence-corrected chi connectivity index (χ0v) is 10.3. The molecule has 1 N–H and O–H groups in total. The summed E-state index contributed by atoms with van der Waals surface area (Å²) in [5, 5.41) is 0.564. The first-order valence-electron chi connectivity index (χ1n) is 5.57. The van der Waals surface area contributed by atoms with Gasteiger partial charge in [0.15, 0.2) is 0 Å². The third-order valence-electron chi connectivity index (χ3n) is 2.51. The minimum Gasteiger partial charge on any atom is -0.491 e. The molecule has 2 rings (SSSR count). The lowest BCUT2D eigenvalue weighted by Crippen LogP contribution is -2.14. The molecule has 1 radical (unpaired) electrons. The van der Waals surface area contributed by atoms with Gasteiger partial charge in [0, 0.05) is 18.6 Å². The third kappa shape index (κ3) is 2.92. The van der Waals surface area contributed by atoms with Gasteiger partial charge >= 0.3 is 5.63 Å². The molecular formula is C13H12NO5. The summed E-state index contributed by atoms with van der Waals surface area (Å²) in [6.07, 6.45) is 0. The lowest BCUT2D eigenvalue weighted by atomic mass is 10.2. The molecule has 0 saturated heterocycles. The van der Waals surface area contributed by atoms with E-state index in [-0.39, 0.29) is 5.56 Å². The summed E-state index contributed by atoms with van der Waals surface area (Å²) in [5.41, 5.74) is 6.17. The van der Waals surface area contributed by atoms with E-state index in [0.29, 0.717) is 29.9 Å². The van der Waals surface area contributed by atoms with Gasteiger partial charge in [0.2, 0.25) is 0 Å². The van der Waals surface area contributed by atoms with E-state index in [1.807, 2.05) is 0 Å². The van der Waals surface area contributed by atoms with Crippen LogP contribution in [0, 0.1) is 0 Å². The fourth-order valence-electron chi connectivity index (χ4n) is 1.58. The van der Waals surface area contributed by atoms with Gasteiger partial charge in [-0.2, -0.15) is 0 Å². The molecule has 0 unspecified atom stereocenters. The maximum Gasteiger partial charge on any atom is 0.349 e. The summed E-state index contributed by atoms with van der Waals surface area (Å²) >= 11 is 0. The molecule has 0 fully saturated rings. The highest BCUT2D eigenvalue weighted by Crippen LogP contribution is 2.20. The molecule has 0 spiro atoms.